The number of nitrogens with one attached hydrogen (secondary N) is 1. The lowest BCUT2D eigenvalue weighted by Crippen LogP contribution is -2.27. The van der Waals surface area contributed by atoms with Gasteiger partial charge in [-0.15, -0.1) is 0 Å². The number of ether oxygens (including phenoxy) is 2. The molecule has 2 N–H and O–H groups in total. The lowest BCUT2D eigenvalue weighted by molar-refractivity contribution is -0.129. The molecule has 1 amide bonds. The van der Waals surface area contributed by atoms with Gasteiger partial charge in [0.05, 0.1) is 5.92 Å². The maximum Gasteiger partial charge on any atom is 0.255 e. The second kappa shape index (κ2) is 7.51. The van der Waals surface area contributed by atoms with Crippen LogP contribution in [-0.4, -0.2) is 24.3 Å². The highest BCUT2D eigenvalue weighted by Crippen LogP contribution is 2.35. The molecular weight excluding hydrogens is 342 g/mol. The van der Waals surface area contributed by atoms with Crippen LogP contribution in [-0.2, 0) is 4.79 Å². The molecule has 5 nitrogen and oxygen atoms in total. The van der Waals surface area contributed by atoms with E-state index >= 15 is 0 Å². The minimum Gasteiger partial charge on any atom is -0.486 e. The van der Waals surface area contributed by atoms with Crippen molar-refractivity contribution in [2.45, 2.75) is 5.92 Å². The average Bonchev–Trinajstić information content (AvgIpc) is 2.74. The highest BCUT2D eigenvalue weighted by molar-refractivity contribution is 5.86. The molecule has 3 aromatic rings. The Hall–Kier alpha value is -3.31. The second-order valence-electron chi connectivity index (χ2n) is 6.30. The lowest BCUT2D eigenvalue weighted by Gasteiger charge is -2.19. The van der Waals surface area contributed by atoms with Crippen LogP contribution in [0.1, 0.15) is 17.0 Å². The van der Waals surface area contributed by atoms with E-state index in [4.69, 9.17) is 14.7 Å². The van der Waals surface area contributed by atoms with Crippen LogP contribution in [0.3, 0.4) is 0 Å². The van der Waals surface area contributed by atoms with Crippen LogP contribution in [0.5, 0.6) is 11.5 Å². The summed E-state index contributed by atoms with van der Waals surface area (Å²) in [7, 11) is 0. The molecule has 1 aliphatic rings. The van der Waals surface area contributed by atoms with E-state index in [2.05, 4.69) is 0 Å². The highest BCUT2D eigenvalue weighted by atomic mass is 16.6. The van der Waals surface area contributed by atoms with Crippen molar-refractivity contribution < 1.29 is 19.5 Å². The summed E-state index contributed by atoms with van der Waals surface area (Å²) in [5.74, 6) is 0.453. The van der Waals surface area contributed by atoms with Gasteiger partial charge in [-0.25, -0.2) is 5.48 Å². The average molecular weight is 361 g/mol. The van der Waals surface area contributed by atoms with E-state index in [1.165, 1.54) is 0 Å². The fourth-order valence-electron chi connectivity index (χ4n) is 3.30. The Morgan fingerprint density at radius 1 is 0.815 bits per heavy atom. The maximum atomic E-state index is 12.2. The number of fused-ring (bicyclic) bond motifs is 1. The van der Waals surface area contributed by atoms with Gasteiger partial charge in [-0.1, -0.05) is 60.7 Å². The Balaban J connectivity index is 1.65. The summed E-state index contributed by atoms with van der Waals surface area (Å²) in [4.78, 5) is 12.2. The topological polar surface area (TPSA) is 67.8 Å². The molecule has 136 valence electrons. The first-order chi connectivity index (χ1) is 13.3. The number of carbonyl (C=O) groups excluding carboxylic acids is 1. The first-order valence-electron chi connectivity index (χ1n) is 8.75. The van der Waals surface area contributed by atoms with Gasteiger partial charge in [0.1, 0.15) is 13.2 Å². The standard InChI is InChI=1S/C22H19NO4/c24-22(23-25)21(16-4-2-1-3-5-16)17-8-6-15(7-9-17)18-10-11-19-20(14-18)27-13-12-26-19/h1-11,14,21,25H,12-13H2,(H,23,24). The van der Waals surface area contributed by atoms with E-state index in [0.717, 1.165) is 33.8 Å². The van der Waals surface area contributed by atoms with Crippen molar-refractivity contribution in [2.24, 2.45) is 0 Å². The van der Waals surface area contributed by atoms with Crippen LogP contribution < -0.4 is 15.0 Å². The molecule has 0 spiro atoms. The molecule has 0 aromatic heterocycles. The summed E-state index contributed by atoms with van der Waals surface area (Å²) in [6.07, 6.45) is 0. The van der Waals surface area contributed by atoms with E-state index in [-0.39, 0.29) is 0 Å². The van der Waals surface area contributed by atoms with Gasteiger partial charge in [0.15, 0.2) is 11.5 Å². The molecule has 0 bridgehead atoms. The van der Waals surface area contributed by atoms with Crippen molar-refractivity contribution in [3.63, 3.8) is 0 Å². The molecule has 1 heterocycles. The molecular formula is C22H19NO4. The van der Waals surface area contributed by atoms with Crippen LogP contribution in [0.4, 0.5) is 0 Å². The summed E-state index contributed by atoms with van der Waals surface area (Å²) in [6, 6.07) is 22.9. The van der Waals surface area contributed by atoms with Gasteiger partial charge in [0.2, 0.25) is 0 Å². The fraction of sp³-hybridized carbons (Fsp3) is 0.136. The third kappa shape index (κ3) is 3.50. The summed E-state index contributed by atoms with van der Waals surface area (Å²) in [5.41, 5.74) is 5.40. The molecule has 0 fully saturated rings. The molecule has 3 aromatic carbocycles. The molecule has 1 aliphatic heterocycles. The normalized spacial score (nSPS) is 13.7. The number of amides is 1. The molecule has 5 heteroatoms. The summed E-state index contributed by atoms with van der Waals surface area (Å²) in [5, 5.41) is 9.15. The van der Waals surface area contributed by atoms with Crippen molar-refractivity contribution in [1.29, 1.82) is 0 Å². The molecule has 1 atom stereocenters. The smallest absolute Gasteiger partial charge is 0.255 e. The van der Waals surface area contributed by atoms with Gasteiger partial charge < -0.3 is 9.47 Å². The van der Waals surface area contributed by atoms with E-state index in [1.807, 2.05) is 72.8 Å². The Labute approximate surface area is 157 Å². The van der Waals surface area contributed by atoms with Crippen molar-refractivity contribution in [3.8, 4) is 22.6 Å². The number of hydrogen-bond acceptors (Lipinski definition) is 4. The van der Waals surface area contributed by atoms with Gasteiger partial charge in [-0.3, -0.25) is 10.0 Å². The van der Waals surface area contributed by atoms with Gasteiger partial charge >= 0.3 is 0 Å². The van der Waals surface area contributed by atoms with Crippen molar-refractivity contribution >= 4 is 5.91 Å². The largest absolute Gasteiger partial charge is 0.486 e. The molecule has 0 radical (unpaired) electrons. The third-order valence-electron chi connectivity index (χ3n) is 4.62. The predicted octanol–water partition coefficient (Wildman–Crippen LogP) is 3.76. The molecule has 0 aliphatic carbocycles. The first-order valence-corrected chi connectivity index (χ1v) is 8.75. The molecule has 0 saturated heterocycles. The number of hydrogen-bond donors (Lipinski definition) is 2. The number of carbonyl (C=O) groups is 1. The zero-order valence-electron chi connectivity index (χ0n) is 14.6. The van der Waals surface area contributed by atoms with Crippen LogP contribution in [0.25, 0.3) is 11.1 Å². The minimum absolute atomic E-state index is 0.465. The van der Waals surface area contributed by atoms with Crippen molar-refractivity contribution in [3.05, 3.63) is 83.9 Å². The van der Waals surface area contributed by atoms with E-state index in [9.17, 15) is 4.79 Å². The first kappa shape index (κ1) is 17.1. The van der Waals surface area contributed by atoms with Crippen LogP contribution >= 0.6 is 0 Å². The van der Waals surface area contributed by atoms with Gasteiger partial charge in [-0.05, 0) is 34.4 Å². The molecule has 4 rings (SSSR count). The Morgan fingerprint density at radius 3 is 2.15 bits per heavy atom. The summed E-state index contributed by atoms with van der Waals surface area (Å²) in [6.45, 7) is 1.11. The van der Waals surface area contributed by atoms with Crippen LogP contribution in [0.2, 0.25) is 0 Å². The molecule has 27 heavy (non-hydrogen) atoms. The third-order valence-corrected chi connectivity index (χ3v) is 4.62. The predicted molar refractivity (Wildman–Crippen MR) is 101 cm³/mol. The Bertz CT molecular complexity index is 938. The summed E-state index contributed by atoms with van der Waals surface area (Å²) < 4.78 is 11.2. The number of benzene rings is 3. The SMILES string of the molecule is O=C(NO)C(c1ccccc1)c1ccc(-c2ccc3c(c2)OCCO3)cc1. The Kier molecular flexibility index (Phi) is 4.77. The lowest BCUT2D eigenvalue weighted by atomic mass is 9.89. The monoisotopic (exact) mass is 361 g/mol. The van der Waals surface area contributed by atoms with Gasteiger partial charge in [-0.2, -0.15) is 0 Å². The van der Waals surface area contributed by atoms with E-state index in [1.54, 1.807) is 5.48 Å². The highest BCUT2D eigenvalue weighted by Gasteiger charge is 2.22. The van der Waals surface area contributed by atoms with Crippen LogP contribution in [0, 0.1) is 0 Å². The molecule has 0 saturated carbocycles. The number of rotatable bonds is 4. The van der Waals surface area contributed by atoms with E-state index in [0.29, 0.717) is 13.2 Å². The zero-order valence-corrected chi connectivity index (χ0v) is 14.6. The quantitative estimate of drug-likeness (QED) is 0.548. The van der Waals surface area contributed by atoms with Gasteiger partial charge in [0.25, 0.3) is 5.91 Å². The molecule has 1 unspecified atom stereocenters. The summed E-state index contributed by atoms with van der Waals surface area (Å²) >= 11 is 0. The fourth-order valence-corrected chi connectivity index (χ4v) is 3.30. The van der Waals surface area contributed by atoms with Crippen LogP contribution in [0.15, 0.2) is 72.8 Å². The minimum atomic E-state index is -0.578. The van der Waals surface area contributed by atoms with Crippen molar-refractivity contribution in [1.82, 2.24) is 5.48 Å². The van der Waals surface area contributed by atoms with Gasteiger partial charge in [0, 0.05) is 0 Å². The van der Waals surface area contributed by atoms with E-state index < -0.39 is 11.8 Å². The zero-order chi connectivity index (χ0) is 18.6. The van der Waals surface area contributed by atoms with Crippen molar-refractivity contribution in [2.75, 3.05) is 13.2 Å². The number of hydroxylamine groups is 1. The second-order valence-corrected chi connectivity index (χ2v) is 6.30. The maximum absolute atomic E-state index is 12.2. The Morgan fingerprint density at radius 2 is 1.44 bits per heavy atom.